The van der Waals surface area contributed by atoms with E-state index in [-0.39, 0.29) is 30.5 Å². The van der Waals surface area contributed by atoms with Crippen LogP contribution in [0, 0.1) is 18.6 Å². The van der Waals surface area contributed by atoms with Crippen molar-refractivity contribution in [1.82, 2.24) is 15.5 Å². The summed E-state index contributed by atoms with van der Waals surface area (Å²) in [4.78, 5) is 25.1. The van der Waals surface area contributed by atoms with Crippen LogP contribution in [-0.2, 0) is 9.59 Å². The second kappa shape index (κ2) is 8.27. The number of hydrogen-bond acceptors (Lipinski definition) is 7. The first-order chi connectivity index (χ1) is 15.9. The molecule has 2 aromatic carbocycles. The Morgan fingerprint density at radius 2 is 1.88 bits per heavy atom. The van der Waals surface area contributed by atoms with Gasteiger partial charge < -0.3 is 14.6 Å². The second-order valence-electron chi connectivity index (χ2n) is 8.35. The van der Waals surface area contributed by atoms with Gasteiger partial charge in [0.15, 0.2) is 0 Å². The van der Waals surface area contributed by atoms with Crippen molar-refractivity contribution in [3.63, 3.8) is 0 Å². The molecule has 33 heavy (non-hydrogen) atoms. The lowest BCUT2D eigenvalue weighted by atomic mass is 9.89. The molecule has 2 aliphatic rings. The average Bonchev–Trinajstić information content (AvgIpc) is 3.20. The largest absolute Gasteiger partial charge is 0.403 e. The molecular formula is C23H21F2N5O3. The van der Waals surface area contributed by atoms with E-state index in [9.17, 15) is 18.4 Å². The summed E-state index contributed by atoms with van der Waals surface area (Å²) in [7, 11) is 0. The van der Waals surface area contributed by atoms with Crippen molar-refractivity contribution in [2.45, 2.75) is 31.7 Å². The van der Waals surface area contributed by atoms with Crippen LogP contribution in [0.3, 0.4) is 0 Å². The summed E-state index contributed by atoms with van der Waals surface area (Å²) in [5, 5.41) is 13.3. The first-order valence-corrected chi connectivity index (χ1v) is 10.6. The Hall–Kier alpha value is -3.82. The highest BCUT2D eigenvalue weighted by Gasteiger charge is 2.34. The first kappa shape index (κ1) is 21.0. The molecule has 0 bridgehead atoms. The third-order valence-electron chi connectivity index (χ3n) is 5.92. The first-order valence-electron chi connectivity index (χ1n) is 10.6. The number of aromatic nitrogens is 2. The van der Waals surface area contributed by atoms with E-state index in [1.165, 1.54) is 12.1 Å². The van der Waals surface area contributed by atoms with E-state index in [0.717, 1.165) is 11.1 Å². The second-order valence-corrected chi connectivity index (χ2v) is 8.35. The molecule has 170 valence electrons. The van der Waals surface area contributed by atoms with Crippen LogP contribution in [0.4, 0.5) is 20.5 Å². The van der Waals surface area contributed by atoms with Crippen molar-refractivity contribution in [2.75, 3.05) is 23.3 Å². The van der Waals surface area contributed by atoms with E-state index in [1.807, 2.05) is 31.2 Å². The number of benzene rings is 2. The molecular weight excluding hydrogens is 432 g/mol. The van der Waals surface area contributed by atoms with E-state index in [0.29, 0.717) is 24.7 Å². The molecule has 2 N–H and O–H groups in total. The topological polar surface area (TPSA) is 100 Å². The lowest BCUT2D eigenvalue weighted by Gasteiger charge is -2.41. The fourth-order valence-corrected chi connectivity index (χ4v) is 4.19. The monoisotopic (exact) mass is 453 g/mol. The van der Waals surface area contributed by atoms with E-state index >= 15 is 0 Å². The van der Waals surface area contributed by atoms with E-state index in [1.54, 1.807) is 4.90 Å². The maximum atomic E-state index is 14.7. The van der Waals surface area contributed by atoms with Gasteiger partial charge in [0.05, 0.1) is 12.0 Å². The highest BCUT2D eigenvalue weighted by Crippen LogP contribution is 2.33. The van der Waals surface area contributed by atoms with Gasteiger partial charge in [0.25, 0.3) is 0 Å². The molecule has 2 saturated heterocycles. The number of nitrogens with one attached hydrogen (secondary N) is 2. The summed E-state index contributed by atoms with van der Waals surface area (Å²) >= 11 is 0. The SMILES string of the molecule is Cc1cccc(-c2nnc(NC3CN(c4cc(F)c(C5CCC(=O)NC5=O)c(F)c4)C3)o2)c1. The number of hydrogen-bond donors (Lipinski definition) is 2. The summed E-state index contributed by atoms with van der Waals surface area (Å²) < 4.78 is 35.2. The summed E-state index contributed by atoms with van der Waals surface area (Å²) in [6.07, 6.45) is 0.139. The van der Waals surface area contributed by atoms with Gasteiger partial charge in [-0.3, -0.25) is 14.9 Å². The fourth-order valence-electron chi connectivity index (χ4n) is 4.19. The smallest absolute Gasteiger partial charge is 0.316 e. The maximum absolute atomic E-state index is 14.7. The predicted molar refractivity (Wildman–Crippen MR) is 116 cm³/mol. The normalized spacial score (nSPS) is 18.8. The number of rotatable bonds is 5. The number of amides is 2. The van der Waals surface area contributed by atoms with Gasteiger partial charge >= 0.3 is 6.01 Å². The zero-order valence-electron chi connectivity index (χ0n) is 17.8. The number of piperidine rings is 1. The molecule has 0 radical (unpaired) electrons. The molecule has 5 rings (SSSR count). The molecule has 8 nitrogen and oxygen atoms in total. The Kier molecular flexibility index (Phi) is 5.27. The number of nitrogens with zero attached hydrogens (tertiary/aromatic N) is 3. The third-order valence-corrected chi connectivity index (χ3v) is 5.92. The van der Waals surface area contributed by atoms with Gasteiger partial charge in [-0.05, 0) is 37.6 Å². The van der Waals surface area contributed by atoms with Crippen LogP contribution in [-0.4, -0.2) is 41.1 Å². The molecule has 1 aromatic heterocycles. The molecule has 3 heterocycles. The summed E-state index contributed by atoms with van der Waals surface area (Å²) in [6.45, 7) is 2.95. The van der Waals surface area contributed by atoms with Crippen LogP contribution in [0.1, 0.15) is 29.9 Å². The molecule has 1 unspecified atom stereocenters. The maximum Gasteiger partial charge on any atom is 0.316 e. The van der Waals surface area contributed by atoms with Crippen molar-refractivity contribution in [3.8, 4) is 11.5 Å². The Labute approximate surface area is 188 Å². The van der Waals surface area contributed by atoms with E-state index < -0.39 is 29.4 Å². The molecule has 0 saturated carbocycles. The van der Waals surface area contributed by atoms with Crippen molar-refractivity contribution in [3.05, 3.63) is 59.2 Å². The van der Waals surface area contributed by atoms with E-state index in [2.05, 4.69) is 20.8 Å². The Bertz CT molecular complexity index is 1220. The molecule has 0 aliphatic carbocycles. The Morgan fingerprint density at radius 3 is 2.58 bits per heavy atom. The molecule has 10 heteroatoms. The van der Waals surface area contributed by atoms with Gasteiger partial charge in [-0.15, -0.1) is 5.10 Å². The lowest BCUT2D eigenvalue weighted by Crippen LogP contribution is -2.55. The Balaban J connectivity index is 1.23. The van der Waals surface area contributed by atoms with Crippen molar-refractivity contribution >= 4 is 23.5 Å². The molecule has 2 amide bonds. The van der Waals surface area contributed by atoms with Crippen LogP contribution < -0.4 is 15.5 Å². The van der Waals surface area contributed by atoms with Crippen LogP contribution in [0.2, 0.25) is 0 Å². The fraction of sp³-hybridized carbons (Fsp3) is 0.304. The van der Waals surface area contributed by atoms with Crippen molar-refractivity contribution in [2.24, 2.45) is 0 Å². The van der Waals surface area contributed by atoms with Gasteiger partial charge in [0.2, 0.25) is 17.7 Å². The van der Waals surface area contributed by atoms with E-state index in [4.69, 9.17) is 4.42 Å². The zero-order valence-corrected chi connectivity index (χ0v) is 17.8. The molecule has 0 spiro atoms. The van der Waals surface area contributed by atoms with Gasteiger partial charge in [0, 0.05) is 36.3 Å². The number of anilines is 2. The number of aryl methyl sites for hydroxylation is 1. The van der Waals surface area contributed by atoms with Crippen LogP contribution >= 0.6 is 0 Å². The molecule has 2 aliphatic heterocycles. The van der Waals surface area contributed by atoms with Gasteiger partial charge in [0.1, 0.15) is 11.6 Å². The van der Waals surface area contributed by atoms with Gasteiger partial charge in [-0.2, -0.15) is 0 Å². The Morgan fingerprint density at radius 1 is 1.12 bits per heavy atom. The standard InChI is InChI=1S/C23H21F2N5O3/c1-12-3-2-4-13(7-12)22-28-29-23(33-22)26-14-10-30(11-14)15-8-17(24)20(18(25)9-15)16-5-6-19(31)27-21(16)32/h2-4,7-9,14,16H,5-6,10-11H2,1H3,(H,26,29)(H,27,31,32). The number of carbonyl (C=O) groups is 2. The number of carbonyl (C=O) groups excluding carboxylic acids is 2. The van der Waals surface area contributed by atoms with Gasteiger partial charge in [-0.1, -0.05) is 22.8 Å². The minimum absolute atomic E-state index is 0.0308. The summed E-state index contributed by atoms with van der Waals surface area (Å²) in [5.41, 5.74) is 1.99. The lowest BCUT2D eigenvalue weighted by molar-refractivity contribution is -0.134. The predicted octanol–water partition coefficient (Wildman–Crippen LogP) is 3.14. The minimum atomic E-state index is -1.01. The minimum Gasteiger partial charge on any atom is -0.403 e. The van der Waals surface area contributed by atoms with Crippen molar-refractivity contribution in [1.29, 1.82) is 0 Å². The third kappa shape index (κ3) is 4.15. The highest BCUT2D eigenvalue weighted by molar-refractivity contribution is 6.01. The summed E-state index contributed by atoms with van der Waals surface area (Å²) in [6, 6.07) is 10.4. The van der Waals surface area contributed by atoms with Crippen LogP contribution in [0.5, 0.6) is 0 Å². The quantitative estimate of drug-likeness (QED) is 0.573. The number of imide groups is 1. The van der Waals surface area contributed by atoms with Crippen molar-refractivity contribution < 1.29 is 22.8 Å². The number of halogens is 2. The zero-order chi connectivity index (χ0) is 23.1. The van der Waals surface area contributed by atoms with Crippen LogP contribution in [0.15, 0.2) is 40.8 Å². The average molecular weight is 453 g/mol. The van der Waals surface area contributed by atoms with Gasteiger partial charge in [-0.25, -0.2) is 8.78 Å². The highest BCUT2D eigenvalue weighted by atomic mass is 19.1. The summed E-state index contributed by atoms with van der Waals surface area (Å²) in [5.74, 6) is -3.30. The molecule has 2 fully saturated rings. The van der Waals surface area contributed by atoms with Crippen LogP contribution in [0.25, 0.3) is 11.5 Å². The molecule has 3 aromatic rings. The molecule has 1 atom stereocenters.